The number of likely N-dealkylation sites (N-methyl/N-ethyl adjacent to an activating group) is 1. The molecule has 1 aliphatic heterocycles. The molecular weight excluding hydrogens is 540 g/mol. The van der Waals surface area contributed by atoms with Crippen LogP contribution in [-0.2, 0) is 32.0 Å². The van der Waals surface area contributed by atoms with E-state index in [4.69, 9.17) is 16.3 Å². The van der Waals surface area contributed by atoms with E-state index >= 15 is 0 Å². The molecule has 3 atom stereocenters. The second-order valence-corrected chi connectivity index (χ2v) is 11.8. The summed E-state index contributed by atoms with van der Waals surface area (Å²) in [5.41, 5.74) is 3.18. The average molecular weight is 575 g/mol. The minimum Gasteiger partial charge on any atom is -0.466 e. The number of hydrogen-bond donors (Lipinski definition) is 3. The number of benzene rings is 1. The van der Waals surface area contributed by atoms with E-state index in [2.05, 4.69) is 34.0 Å². The van der Waals surface area contributed by atoms with E-state index in [-0.39, 0.29) is 48.5 Å². The van der Waals surface area contributed by atoms with Crippen molar-refractivity contribution >= 4 is 52.3 Å². The summed E-state index contributed by atoms with van der Waals surface area (Å²) in [5, 5.41) is 8.78. The van der Waals surface area contributed by atoms with Gasteiger partial charge in [0.1, 0.15) is 6.04 Å². The largest absolute Gasteiger partial charge is 0.466 e. The van der Waals surface area contributed by atoms with Gasteiger partial charge in [-0.2, -0.15) is 0 Å². The molecule has 39 heavy (non-hydrogen) atoms. The summed E-state index contributed by atoms with van der Waals surface area (Å²) in [6.45, 7) is 4.00. The number of nitrogens with one attached hydrogen (secondary N) is 3. The number of ether oxygens (including phenoxy) is 1. The van der Waals surface area contributed by atoms with Crippen molar-refractivity contribution in [3.05, 3.63) is 50.7 Å². The molecule has 1 aliphatic carbocycles. The molecule has 3 amide bonds. The number of thiophene rings is 1. The highest BCUT2D eigenvalue weighted by Gasteiger charge is 2.47. The van der Waals surface area contributed by atoms with Crippen molar-refractivity contribution in [3.8, 4) is 0 Å². The molecule has 210 valence electrons. The zero-order chi connectivity index (χ0) is 27.9. The Kier molecular flexibility index (Phi) is 9.99. The molecule has 1 aromatic carbocycles. The van der Waals surface area contributed by atoms with Gasteiger partial charge in [0.25, 0.3) is 5.91 Å². The molecule has 0 saturated heterocycles. The van der Waals surface area contributed by atoms with Crippen molar-refractivity contribution < 1.29 is 23.9 Å². The van der Waals surface area contributed by atoms with Crippen LogP contribution in [0.2, 0.25) is 4.34 Å². The molecule has 1 saturated carbocycles. The lowest BCUT2D eigenvalue weighted by Gasteiger charge is -2.19. The molecule has 1 aromatic heterocycles. The van der Waals surface area contributed by atoms with Crippen LogP contribution < -0.4 is 16.0 Å². The monoisotopic (exact) mass is 574 g/mol. The van der Waals surface area contributed by atoms with E-state index in [0.29, 0.717) is 34.3 Å². The number of anilines is 1. The summed E-state index contributed by atoms with van der Waals surface area (Å²) in [4.78, 5) is 53.0. The number of esters is 1. The molecule has 4 rings (SSSR count). The Morgan fingerprint density at radius 3 is 2.59 bits per heavy atom. The number of fused-ring (bicyclic) bond motifs is 1. The number of carbonyl (C=O) groups excluding carboxylic acids is 4. The van der Waals surface area contributed by atoms with Crippen LogP contribution in [0.1, 0.15) is 53.4 Å². The molecule has 0 bridgehead atoms. The van der Waals surface area contributed by atoms with Gasteiger partial charge in [0.15, 0.2) is 0 Å². The van der Waals surface area contributed by atoms with E-state index in [1.807, 2.05) is 12.1 Å². The van der Waals surface area contributed by atoms with E-state index < -0.39 is 6.04 Å². The van der Waals surface area contributed by atoms with Crippen molar-refractivity contribution in [2.75, 3.05) is 32.1 Å². The van der Waals surface area contributed by atoms with E-state index in [1.165, 1.54) is 11.1 Å². The first-order valence-corrected chi connectivity index (χ1v) is 14.5. The number of amides is 3. The average Bonchev–Trinajstić information content (AvgIpc) is 3.55. The van der Waals surface area contributed by atoms with E-state index in [9.17, 15) is 19.2 Å². The summed E-state index contributed by atoms with van der Waals surface area (Å²) in [5.74, 6) is -1.50. The first kappa shape index (κ1) is 29.0. The van der Waals surface area contributed by atoms with Crippen LogP contribution in [0.25, 0.3) is 0 Å². The van der Waals surface area contributed by atoms with Crippen LogP contribution in [0.15, 0.2) is 30.3 Å². The molecule has 1 fully saturated rings. The summed E-state index contributed by atoms with van der Waals surface area (Å²) < 4.78 is 5.38. The first-order chi connectivity index (χ1) is 18.7. The Morgan fingerprint density at radius 2 is 1.87 bits per heavy atom. The fraction of sp³-hybridized carbons (Fsp3) is 0.500. The fourth-order valence-electron chi connectivity index (χ4n) is 4.80. The lowest BCUT2D eigenvalue weighted by atomic mass is 10.0. The minimum absolute atomic E-state index is 0.177. The first-order valence-electron chi connectivity index (χ1n) is 13.4. The summed E-state index contributed by atoms with van der Waals surface area (Å²) in [6, 6.07) is 8.15. The van der Waals surface area contributed by atoms with Gasteiger partial charge in [0.2, 0.25) is 11.8 Å². The third-order valence-electron chi connectivity index (χ3n) is 7.07. The predicted octanol–water partition coefficient (Wildman–Crippen LogP) is 3.41. The lowest BCUT2D eigenvalue weighted by molar-refractivity contribution is -0.143. The molecule has 0 spiro atoms. The van der Waals surface area contributed by atoms with Gasteiger partial charge in [-0.3, -0.25) is 19.2 Å². The quantitative estimate of drug-likeness (QED) is 0.354. The van der Waals surface area contributed by atoms with Gasteiger partial charge < -0.3 is 25.6 Å². The van der Waals surface area contributed by atoms with Crippen molar-refractivity contribution in [1.29, 1.82) is 0 Å². The lowest BCUT2D eigenvalue weighted by Crippen LogP contribution is -2.47. The van der Waals surface area contributed by atoms with Crippen LogP contribution in [0.4, 0.5) is 5.69 Å². The Balaban J connectivity index is 1.40. The minimum atomic E-state index is -0.840. The Morgan fingerprint density at radius 1 is 1.10 bits per heavy atom. The molecular formula is C28H35ClN4O5S. The highest BCUT2D eigenvalue weighted by Crippen LogP contribution is 2.35. The SMILES string of the molecule is CCOC(=O)CCCC(=O)NC1CC1[C@@H](NC(=O)c1ccc(Cl)s1)C(=O)Nc1ccc2c(c1)CCN(C)CC2. The summed E-state index contributed by atoms with van der Waals surface area (Å²) in [6.07, 6.45) is 3.17. The van der Waals surface area contributed by atoms with Gasteiger partial charge in [-0.25, -0.2) is 0 Å². The third-order valence-corrected chi connectivity index (χ3v) is 8.30. The predicted molar refractivity (Wildman–Crippen MR) is 151 cm³/mol. The van der Waals surface area contributed by atoms with Gasteiger partial charge >= 0.3 is 5.97 Å². The maximum atomic E-state index is 13.5. The maximum Gasteiger partial charge on any atom is 0.305 e. The molecule has 2 heterocycles. The van der Waals surface area contributed by atoms with Gasteiger partial charge in [-0.05, 0) is 75.0 Å². The van der Waals surface area contributed by atoms with Crippen LogP contribution in [0.5, 0.6) is 0 Å². The second kappa shape index (κ2) is 13.4. The van der Waals surface area contributed by atoms with Crippen LogP contribution in [0, 0.1) is 5.92 Å². The molecule has 2 unspecified atom stereocenters. The number of halogens is 1. The standard InChI is InChI=1S/C28H35ClN4O5S/c1-3-38-25(35)6-4-5-24(34)31-21-16-20(21)26(32-27(36)22-9-10-23(29)39-22)28(37)30-19-8-7-17-11-13-33(2)14-12-18(17)15-19/h7-10,15,20-21,26H,3-6,11-14,16H2,1-2H3,(H,30,37)(H,31,34)(H,32,36)/t20?,21?,26-/m1/s1. The van der Waals surface area contributed by atoms with Gasteiger partial charge in [0, 0.05) is 43.6 Å². The molecule has 3 N–H and O–H groups in total. The number of nitrogens with zero attached hydrogens (tertiary/aromatic N) is 1. The van der Waals surface area contributed by atoms with Crippen molar-refractivity contribution in [3.63, 3.8) is 0 Å². The van der Waals surface area contributed by atoms with Gasteiger partial charge in [-0.1, -0.05) is 17.7 Å². The highest BCUT2D eigenvalue weighted by molar-refractivity contribution is 7.18. The molecule has 2 aromatic rings. The Labute approximate surface area is 237 Å². The molecule has 2 aliphatic rings. The normalized spacial score (nSPS) is 19.3. The van der Waals surface area contributed by atoms with Crippen LogP contribution >= 0.6 is 22.9 Å². The smallest absolute Gasteiger partial charge is 0.305 e. The molecule has 0 radical (unpaired) electrons. The molecule has 9 nitrogen and oxygen atoms in total. The number of rotatable bonds is 11. The zero-order valence-corrected chi connectivity index (χ0v) is 23.8. The van der Waals surface area contributed by atoms with Gasteiger partial charge in [0.05, 0.1) is 15.8 Å². The summed E-state index contributed by atoms with van der Waals surface area (Å²) >= 11 is 7.14. The highest BCUT2D eigenvalue weighted by atomic mass is 35.5. The third kappa shape index (κ3) is 8.27. The fourth-order valence-corrected chi connectivity index (χ4v) is 5.75. The van der Waals surface area contributed by atoms with Crippen molar-refractivity contribution in [2.45, 2.75) is 57.5 Å². The number of hydrogen-bond acceptors (Lipinski definition) is 7. The van der Waals surface area contributed by atoms with E-state index in [0.717, 1.165) is 37.3 Å². The van der Waals surface area contributed by atoms with E-state index in [1.54, 1.807) is 19.1 Å². The second-order valence-electron chi connectivity index (χ2n) is 10.1. The topological polar surface area (TPSA) is 117 Å². The van der Waals surface area contributed by atoms with Crippen LogP contribution in [-0.4, -0.2) is 67.4 Å². The number of carbonyl (C=O) groups is 4. The Bertz CT molecular complexity index is 1220. The zero-order valence-electron chi connectivity index (χ0n) is 22.3. The van der Waals surface area contributed by atoms with Crippen molar-refractivity contribution in [1.82, 2.24) is 15.5 Å². The van der Waals surface area contributed by atoms with Crippen LogP contribution in [0.3, 0.4) is 0 Å². The van der Waals surface area contributed by atoms with Crippen molar-refractivity contribution in [2.24, 2.45) is 5.92 Å². The Hall–Kier alpha value is -2.95. The molecule has 11 heteroatoms. The maximum absolute atomic E-state index is 13.5. The summed E-state index contributed by atoms with van der Waals surface area (Å²) in [7, 11) is 2.11. The van der Waals surface area contributed by atoms with Gasteiger partial charge in [-0.15, -0.1) is 11.3 Å².